The van der Waals surface area contributed by atoms with Crippen molar-refractivity contribution in [2.75, 3.05) is 13.7 Å². The predicted octanol–water partition coefficient (Wildman–Crippen LogP) is 3.33. The van der Waals surface area contributed by atoms with Gasteiger partial charge in [-0.15, -0.1) is 0 Å². The van der Waals surface area contributed by atoms with Crippen LogP contribution in [0.1, 0.15) is 29.8 Å². The summed E-state index contributed by atoms with van der Waals surface area (Å²) in [7, 11) is 1.43. The summed E-state index contributed by atoms with van der Waals surface area (Å²) in [4.78, 5) is 23.2. The first kappa shape index (κ1) is 19.4. The Kier molecular flexibility index (Phi) is 6.30. The molecule has 2 rings (SSSR count). The Morgan fingerprint density at radius 1 is 1.19 bits per heavy atom. The molecular weight excluding hydrogens is 336 g/mol. The summed E-state index contributed by atoms with van der Waals surface area (Å²) in [6, 6.07) is 13.7. The van der Waals surface area contributed by atoms with E-state index in [1.807, 2.05) is 30.3 Å². The summed E-state index contributed by atoms with van der Waals surface area (Å²) in [6.07, 6.45) is 0. The Morgan fingerprint density at radius 3 is 2.50 bits per heavy atom. The second kappa shape index (κ2) is 8.44. The quantitative estimate of drug-likeness (QED) is 0.577. The van der Waals surface area contributed by atoms with Crippen molar-refractivity contribution in [3.63, 3.8) is 0 Å². The Balaban J connectivity index is 2.04. The van der Waals surface area contributed by atoms with Gasteiger partial charge in [0.15, 0.2) is 0 Å². The number of carbonyl (C=O) groups is 1. The second-order valence-electron chi connectivity index (χ2n) is 6.46. The monoisotopic (exact) mass is 358 g/mol. The van der Waals surface area contributed by atoms with Crippen molar-refractivity contribution in [3.8, 4) is 5.75 Å². The van der Waals surface area contributed by atoms with E-state index in [1.54, 1.807) is 13.8 Å². The normalized spacial score (nSPS) is 11.0. The number of benzene rings is 2. The minimum absolute atomic E-state index is 0.0505. The van der Waals surface area contributed by atoms with Gasteiger partial charge in [0, 0.05) is 6.07 Å². The van der Waals surface area contributed by atoms with Crippen molar-refractivity contribution >= 4 is 11.6 Å². The smallest absolute Gasteiger partial charge is 0.282 e. The average molecular weight is 358 g/mol. The average Bonchev–Trinajstić information content (AvgIpc) is 2.61. The Hall–Kier alpha value is -2.93. The lowest BCUT2D eigenvalue weighted by molar-refractivity contribution is -0.385. The third kappa shape index (κ3) is 5.29. The first-order valence-corrected chi connectivity index (χ1v) is 8.09. The molecule has 0 fully saturated rings. The summed E-state index contributed by atoms with van der Waals surface area (Å²) in [5.74, 6) is -0.178. The molecule has 2 aromatic rings. The van der Waals surface area contributed by atoms with Gasteiger partial charge in [-0.05, 0) is 31.5 Å². The molecule has 0 aliphatic heterocycles. The zero-order chi connectivity index (χ0) is 19.2. The van der Waals surface area contributed by atoms with Crippen LogP contribution in [0, 0.1) is 10.1 Å². The van der Waals surface area contributed by atoms with Crippen LogP contribution in [0.25, 0.3) is 0 Å². The number of amides is 1. The number of nitrogens with zero attached hydrogens (tertiary/aromatic N) is 1. The van der Waals surface area contributed by atoms with E-state index in [4.69, 9.17) is 9.47 Å². The molecule has 0 aromatic heterocycles. The predicted molar refractivity (Wildman–Crippen MR) is 97.3 cm³/mol. The van der Waals surface area contributed by atoms with Crippen molar-refractivity contribution in [2.24, 2.45) is 0 Å². The van der Waals surface area contributed by atoms with Gasteiger partial charge in [0.25, 0.3) is 11.6 Å². The summed E-state index contributed by atoms with van der Waals surface area (Å²) >= 11 is 0. The van der Waals surface area contributed by atoms with E-state index in [0.29, 0.717) is 12.4 Å². The van der Waals surface area contributed by atoms with Crippen LogP contribution in [-0.2, 0) is 11.3 Å². The molecule has 26 heavy (non-hydrogen) atoms. The first-order valence-electron chi connectivity index (χ1n) is 8.09. The van der Waals surface area contributed by atoms with Crippen LogP contribution in [0.5, 0.6) is 5.75 Å². The van der Waals surface area contributed by atoms with Crippen LogP contribution < -0.4 is 10.1 Å². The zero-order valence-electron chi connectivity index (χ0n) is 15.0. The maximum atomic E-state index is 12.6. The molecule has 1 amide bonds. The lowest BCUT2D eigenvalue weighted by atomic mass is 10.0. The standard InChI is InChI=1S/C19H22N2O5/c1-19(2,13-26-12-14-7-5-4-6-8-14)20-18(22)16-11-15(25-3)9-10-17(16)21(23)24/h4-11H,12-13H2,1-3H3,(H,20,22). The van der Waals surface area contributed by atoms with Crippen LogP contribution >= 0.6 is 0 Å². The molecule has 0 unspecified atom stereocenters. The maximum Gasteiger partial charge on any atom is 0.282 e. The number of rotatable bonds is 8. The number of nitro groups is 1. The number of hydrogen-bond donors (Lipinski definition) is 1. The Morgan fingerprint density at radius 2 is 1.88 bits per heavy atom. The van der Waals surface area contributed by atoms with Gasteiger partial charge in [0.05, 0.1) is 30.8 Å². The molecule has 7 heteroatoms. The molecule has 0 heterocycles. The summed E-state index contributed by atoms with van der Waals surface area (Å²) in [5, 5.41) is 14.0. The fraction of sp³-hybridized carbons (Fsp3) is 0.316. The molecule has 0 aliphatic rings. The number of ether oxygens (including phenoxy) is 2. The topological polar surface area (TPSA) is 90.7 Å². The Labute approximate surface area is 152 Å². The highest BCUT2D eigenvalue weighted by molar-refractivity contribution is 5.99. The molecule has 0 saturated heterocycles. The highest BCUT2D eigenvalue weighted by atomic mass is 16.6. The molecule has 1 N–H and O–H groups in total. The molecule has 0 atom stereocenters. The number of carbonyl (C=O) groups excluding carboxylic acids is 1. The van der Waals surface area contributed by atoms with E-state index < -0.39 is 16.4 Å². The largest absolute Gasteiger partial charge is 0.497 e. The highest BCUT2D eigenvalue weighted by Gasteiger charge is 2.27. The van der Waals surface area contributed by atoms with Gasteiger partial charge in [-0.3, -0.25) is 14.9 Å². The van der Waals surface area contributed by atoms with Gasteiger partial charge in [-0.1, -0.05) is 30.3 Å². The lowest BCUT2D eigenvalue weighted by Crippen LogP contribution is -2.47. The molecular formula is C19H22N2O5. The number of methoxy groups -OCH3 is 1. The number of nitro benzene ring substituents is 1. The second-order valence-corrected chi connectivity index (χ2v) is 6.46. The van der Waals surface area contributed by atoms with E-state index >= 15 is 0 Å². The third-order valence-electron chi connectivity index (χ3n) is 3.67. The molecule has 0 aliphatic carbocycles. The minimum atomic E-state index is -0.706. The highest BCUT2D eigenvalue weighted by Crippen LogP contribution is 2.24. The molecule has 0 spiro atoms. The van der Waals surface area contributed by atoms with Gasteiger partial charge in [0.1, 0.15) is 11.3 Å². The number of hydrogen-bond acceptors (Lipinski definition) is 5. The van der Waals surface area contributed by atoms with Crippen molar-refractivity contribution in [3.05, 3.63) is 69.8 Å². The molecule has 2 aromatic carbocycles. The van der Waals surface area contributed by atoms with E-state index in [-0.39, 0.29) is 17.9 Å². The van der Waals surface area contributed by atoms with Crippen molar-refractivity contribution in [2.45, 2.75) is 26.0 Å². The molecule has 0 radical (unpaired) electrons. The van der Waals surface area contributed by atoms with Crippen molar-refractivity contribution in [1.82, 2.24) is 5.32 Å². The fourth-order valence-corrected chi connectivity index (χ4v) is 2.39. The number of nitrogens with one attached hydrogen (secondary N) is 1. The summed E-state index contributed by atoms with van der Waals surface area (Å²) in [5.41, 5.74) is -0.00384. The van der Waals surface area contributed by atoms with E-state index in [1.165, 1.54) is 25.3 Å². The van der Waals surface area contributed by atoms with E-state index in [2.05, 4.69) is 5.32 Å². The van der Waals surface area contributed by atoms with Gasteiger partial charge >= 0.3 is 0 Å². The van der Waals surface area contributed by atoms with Crippen molar-refractivity contribution in [1.29, 1.82) is 0 Å². The van der Waals surface area contributed by atoms with E-state index in [9.17, 15) is 14.9 Å². The first-order chi connectivity index (χ1) is 12.3. The summed E-state index contributed by atoms with van der Waals surface area (Å²) in [6.45, 7) is 4.26. The zero-order valence-corrected chi connectivity index (χ0v) is 15.0. The lowest BCUT2D eigenvalue weighted by Gasteiger charge is -2.26. The van der Waals surface area contributed by atoms with Gasteiger partial charge in [-0.25, -0.2) is 0 Å². The van der Waals surface area contributed by atoms with E-state index in [0.717, 1.165) is 5.56 Å². The van der Waals surface area contributed by atoms with Gasteiger partial charge in [0.2, 0.25) is 0 Å². The van der Waals surface area contributed by atoms with Crippen LogP contribution in [0.15, 0.2) is 48.5 Å². The van der Waals surface area contributed by atoms with Crippen LogP contribution in [-0.4, -0.2) is 30.1 Å². The van der Waals surface area contributed by atoms with Gasteiger partial charge < -0.3 is 14.8 Å². The molecule has 138 valence electrons. The van der Waals surface area contributed by atoms with Crippen LogP contribution in [0.3, 0.4) is 0 Å². The van der Waals surface area contributed by atoms with Crippen LogP contribution in [0.4, 0.5) is 5.69 Å². The van der Waals surface area contributed by atoms with Gasteiger partial charge in [-0.2, -0.15) is 0 Å². The Bertz CT molecular complexity index is 775. The SMILES string of the molecule is COc1ccc([N+](=O)[O-])c(C(=O)NC(C)(C)COCc2ccccc2)c1. The van der Waals surface area contributed by atoms with Crippen LogP contribution in [0.2, 0.25) is 0 Å². The maximum absolute atomic E-state index is 12.6. The minimum Gasteiger partial charge on any atom is -0.497 e. The molecule has 0 saturated carbocycles. The van der Waals surface area contributed by atoms with Crippen molar-refractivity contribution < 1.29 is 19.2 Å². The summed E-state index contributed by atoms with van der Waals surface area (Å²) < 4.78 is 10.7. The molecule has 0 bridgehead atoms. The fourth-order valence-electron chi connectivity index (χ4n) is 2.39. The molecule has 7 nitrogen and oxygen atoms in total. The third-order valence-corrected chi connectivity index (χ3v) is 3.67.